The van der Waals surface area contributed by atoms with Crippen LogP contribution >= 0.6 is 11.8 Å². The summed E-state index contributed by atoms with van der Waals surface area (Å²) in [5, 5.41) is 8.74. The van der Waals surface area contributed by atoms with Gasteiger partial charge in [-0.15, -0.1) is 11.8 Å². The second-order valence-electron chi connectivity index (χ2n) is 10.6. The van der Waals surface area contributed by atoms with Gasteiger partial charge in [0.1, 0.15) is 5.78 Å². The summed E-state index contributed by atoms with van der Waals surface area (Å²) in [6.07, 6.45) is 10.8. The van der Waals surface area contributed by atoms with Crippen molar-refractivity contribution in [1.29, 1.82) is 0 Å². The number of thioether (sulfide) groups is 1. The Balaban J connectivity index is 0.000000241. The highest BCUT2D eigenvalue weighted by Gasteiger charge is 2.23. The minimum Gasteiger partial charge on any atom is -0.479 e. The highest BCUT2D eigenvalue weighted by atomic mass is 32.2. The van der Waals surface area contributed by atoms with Crippen molar-refractivity contribution >= 4 is 23.5 Å². The van der Waals surface area contributed by atoms with Gasteiger partial charge in [0, 0.05) is 31.9 Å². The fraction of sp³-hybridized carbons (Fsp3) is 0.926. The zero-order valence-electron chi connectivity index (χ0n) is 23.8. The largest absolute Gasteiger partial charge is 0.479 e. The highest BCUT2D eigenvalue weighted by Crippen LogP contribution is 2.17. The fourth-order valence-electron chi connectivity index (χ4n) is 4.41. The van der Waals surface area contributed by atoms with E-state index in [1.165, 1.54) is 77.5 Å². The number of hydrogen-bond acceptors (Lipinski definition) is 8. The number of hydrogen-bond donors (Lipinski definition) is 1. The average Bonchev–Trinajstić information content (AvgIpc) is 3.24. The monoisotopic (exact) mass is 530 g/mol. The van der Waals surface area contributed by atoms with Gasteiger partial charge in [-0.3, -0.25) is 4.79 Å². The molecule has 4 heterocycles. The number of likely N-dealkylation sites (tertiary alicyclic amines) is 2. The van der Waals surface area contributed by atoms with Crippen LogP contribution in [-0.4, -0.2) is 141 Å². The van der Waals surface area contributed by atoms with E-state index < -0.39 is 12.1 Å². The van der Waals surface area contributed by atoms with E-state index in [9.17, 15) is 9.59 Å². The molecule has 0 radical (unpaired) electrons. The van der Waals surface area contributed by atoms with Crippen LogP contribution in [0.2, 0.25) is 0 Å². The van der Waals surface area contributed by atoms with Crippen molar-refractivity contribution in [1.82, 2.24) is 19.6 Å². The fourth-order valence-corrected chi connectivity index (χ4v) is 5.70. The van der Waals surface area contributed by atoms with Gasteiger partial charge in [0.25, 0.3) is 0 Å². The van der Waals surface area contributed by atoms with Crippen molar-refractivity contribution in [3.63, 3.8) is 0 Å². The third-order valence-corrected chi connectivity index (χ3v) is 8.23. The summed E-state index contributed by atoms with van der Waals surface area (Å²) in [4.78, 5) is 30.2. The molecule has 0 amide bonds. The number of carboxylic acid groups (broad SMARTS) is 1. The van der Waals surface area contributed by atoms with Gasteiger partial charge < -0.3 is 29.4 Å². The lowest BCUT2D eigenvalue weighted by Crippen LogP contribution is -2.43. The highest BCUT2D eigenvalue weighted by molar-refractivity contribution is 8.00. The van der Waals surface area contributed by atoms with E-state index in [-0.39, 0.29) is 5.25 Å². The Morgan fingerprint density at radius 1 is 0.694 bits per heavy atom. The lowest BCUT2D eigenvalue weighted by molar-refractivity contribution is -0.155. The number of morpholine rings is 1. The number of ether oxygens (including phenoxy) is 1. The van der Waals surface area contributed by atoms with Gasteiger partial charge in [0.15, 0.2) is 6.10 Å². The Labute approximate surface area is 225 Å². The van der Waals surface area contributed by atoms with Crippen LogP contribution in [-0.2, 0) is 14.3 Å². The van der Waals surface area contributed by atoms with Crippen molar-refractivity contribution < 1.29 is 19.4 Å². The van der Waals surface area contributed by atoms with E-state index in [0.29, 0.717) is 18.9 Å². The summed E-state index contributed by atoms with van der Waals surface area (Å²) in [7, 11) is 8.38. The molecule has 2 atom stereocenters. The first-order chi connectivity index (χ1) is 17.2. The smallest absolute Gasteiger partial charge is 0.334 e. The van der Waals surface area contributed by atoms with Crippen LogP contribution in [0, 0.1) is 0 Å². The molecule has 2 unspecified atom stereocenters. The van der Waals surface area contributed by atoms with Crippen LogP contribution < -0.4 is 0 Å². The van der Waals surface area contributed by atoms with Crippen LogP contribution in [0.1, 0.15) is 58.3 Å². The number of aliphatic carboxylic acids is 1. The number of carbonyl (C=O) groups excluding carboxylic acids is 1. The molecule has 0 aromatic carbocycles. The van der Waals surface area contributed by atoms with E-state index in [2.05, 4.69) is 35.8 Å². The van der Waals surface area contributed by atoms with E-state index in [0.717, 1.165) is 25.4 Å². The van der Waals surface area contributed by atoms with Crippen molar-refractivity contribution in [2.75, 3.05) is 92.9 Å². The van der Waals surface area contributed by atoms with Crippen LogP contribution in [0.4, 0.5) is 0 Å². The summed E-state index contributed by atoms with van der Waals surface area (Å²) in [5.41, 5.74) is 0. The van der Waals surface area contributed by atoms with E-state index in [4.69, 9.17) is 9.84 Å². The zero-order valence-corrected chi connectivity index (χ0v) is 24.6. The Bertz CT molecular complexity index is 532. The molecule has 0 spiro atoms. The quantitative estimate of drug-likeness (QED) is 0.580. The molecule has 4 fully saturated rings. The maximum absolute atomic E-state index is 10.9. The van der Waals surface area contributed by atoms with Crippen molar-refractivity contribution in [2.45, 2.75) is 69.6 Å². The minimum absolute atomic E-state index is 0.235. The molecule has 0 aromatic rings. The second-order valence-corrected chi connectivity index (χ2v) is 11.9. The average molecular weight is 531 g/mol. The number of carboxylic acids is 1. The van der Waals surface area contributed by atoms with Crippen molar-refractivity contribution in [3.05, 3.63) is 0 Å². The Morgan fingerprint density at radius 2 is 1.17 bits per heavy atom. The molecule has 36 heavy (non-hydrogen) atoms. The first-order valence-corrected chi connectivity index (χ1v) is 14.9. The lowest BCUT2D eigenvalue weighted by Gasteiger charge is -2.27. The van der Waals surface area contributed by atoms with Crippen LogP contribution in [0.25, 0.3) is 0 Å². The SMILES string of the molecule is CC(=O)C1CN(C)CCS1.CN1CCCCCC1.CN1CCCCCC1.CN1CCOC(C(=O)O)C1. The third-order valence-electron chi connectivity index (χ3n) is 6.93. The molecular weight excluding hydrogens is 476 g/mol. The molecule has 9 heteroatoms. The molecule has 4 aliphatic rings. The minimum atomic E-state index is -0.869. The van der Waals surface area contributed by atoms with Gasteiger partial charge >= 0.3 is 5.97 Å². The van der Waals surface area contributed by atoms with Crippen LogP contribution in [0.5, 0.6) is 0 Å². The van der Waals surface area contributed by atoms with Crippen LogP contribution in [0.3, 0.4) is 0 Å². The summed E-state index contributed by atoms with van der Waals surface area (Å²) in [5.74, 6) is 0.545. The Kier molecular flexibility index (Phi) is 18.8. The third kappa shape index (κ3) is 16.9. The first kappa shape index (κ1) is 33.3. The van der Waals surface area contributed by atoms with Gasteiger partial charge in [0.2, 0.25) is 0 Å². The molecule has 4 aliphatic heterocycles. The van der Waals surface area contributed by atoms with E-state index >= 15 is 0 Å². The number of Topliss-reactive ketones (excluding diaryl/α,β-unsaturated/α-hetero) is 1. The molecule has 0 aliphatic carbocycles. The number of likely N-dealkylation sites (N-methyl/N-ethyl adjacent to an activating group) is 1. The number of ketones is 1. The van der Waals surface area contributed by atoms with Crippen molar-refractivity contribution in [3.8, 4) is 0 Å². The molecule has 212 valence electrons. The van der Waals surface area contributed by atoms with Gasteiger partial charge in [0.05, 0.1) is 11.9 Å². The van der Waals surface area contributed by atoms with E-state index in [1.807, 2.05) is 11.9 Å². The normalized spacial score (nSPS) is 26.9. The molecule has 0 saturated carbocycles. The molecule has 0 bridgehead atoms. The predicted octanol–water partition coefficient (Wildman–Crippen LogP) is 3.01. The molecular formula is C27H54N4O4S. The molecule has 1 N–H and O–H groups in total. The summed E-state index contributed by atoms with van der Waals surface area (Å²) in [6, 6.07) is 0. The standard InChI is InChI=1S/C7H13NOS.2C7H15N.C6H11NO3/c1-6(9)7-5-8(2)3-4-10-7;2*1-8-6-4-2-3-5-7-8;1-7-2-3-10-5(4-7)6(8)9/h7H,3-5H2,1-2H3;2*2-7H2,1H3;5H,2-4H2,1H3,(H,8,9). The van der Waals surface area contributed by atoms with Crippen LogP contribution in [0.15, 0.2) is 0 Å². The second kappa shape index (κ2) is 20.3. The van der Waals surface area contributed by atoms with Gasteiger partial charge in [-0.2, -0.15) is 0 Å². The maximum atomic E-state index is 10.9. The summed E-state index contributed by atoms with van der Waals surface area (Å²) in [6.45, 7) is 10.8. The Morgan fingerprint density at radius 3 is 1.50 bits per heavy atom. The number of nitrogens with zero attached hydrogens (tertiary/aromatic N) is 4. The predicted molar refractivity (Wildman–Crippen MR) is 151 cm³/mol. The molecule has 8 nitrogen and oxygen atoms in total. The van der Waals surface area contributed by atoms with E-state index in [1.54, 1.807) is 18.7 Å². The van der Waals surface area contributed by atoms with Gasteiger partial charge in [-0.25, -0.2) is 4.79 Å². The summed E-state index contributed by atoms with van der Waals surface area (Å²) < 4.78 is 4.97. The zero-order chi connectivity index (χ0) is 26.8. The number of carbonyl (C=O) groups is 2. The number of rotatable bonds is 2. The van der Waals surface area contributed by atoms with Crippen molar-refractivity contribution in [2.24, 2.45) is 0 Å². The summed E-state index contributed by atoms with van der Waals surface area (Å²) >= 11 is 1.78. The lowest BCUT2D eigenvalue weighted by atomic mass is 10.2. The first-order valence-electron chi connectivity index (χ1n) is 13.9. The van der Waals surface area contributed by atoms with Gasteiger partial charge in [-0.05, 0) is 87.0 Å². The van der Waals surface area contributed by atoms with Gasteiger partial charge in [-0.1, -0.05) is 25.7 Å². The Hall–Kier alpha value is -0.710. The maximum Gasteiger partial charge on any atom is 0.334 e. The molecule has 0 aromatic heterocycles. The topological polar surface area (TPSA) is 76.6 Å². The molecule has 4 rings (SSSR count). The molecule has 4 saturated heterocycles.